The molecule has 0 bridgehead atoms. The van der Waals surface area contributed by atoms with Crippen molar-refractivity contribution in [3.05, 3.63) is 60.7 Å². The van der Waals surface area contributed by atoms with Gasteiger partial charge in [0.2, 0.25) is 6.17 Å². The minimum Gasteiger partial charge on any atom is -0.464 e. The van der Waals surface area contributed by atoms with Crippen LogP contribution in [-0.2, 0) is 18.7 Å². The van der Waals surface area contributed by atoms with Crippen molar-refractivity contribution >= 4 is 24.7 Å². The summed E-state index contributed by atoms with van der Waals surface area (Å²) in [6.45, 7) is 8.33. The van der Waals surface area contributed by atoms with E-state index in [1.165, 1.54) is 0 Å². The molecule has 168 valence electrons. The summed E-state index contributed by atoms with van der Waals surface area (Å²) in [5.41, 5.74) is 0. The first-order valence-corrected chi connectivity index (χ1v) is 12.5. The van der Waals surface area contributed by atoms with Crippen molar-refractivity contribution in [3.8, 4) is 0 Å². The number of alkyl halides is 1. The smallest absolute Gasteiger partial charge is 0.343 e. The number of epoxide rings is 1. The van der Waals surface area contributed by atoms with Gasteiger partial charge in [0.25, 0.3) is 8.32 Å². The van der Waals surface area contributed by atoms with Gasteiger partial charge in [-0.2, -0.15) is 0 Å². The number of hydrogen-bond acceptors (Lipinski definition) is 5. The molecule has 2 aromatic carbocycles. The van der Waals surface area contributed by atoms with Crippen LogP contribution < -0.4 is 10.4 Å². The van der Waals surface area contributed by atoms with Crippen LogP contribution in [0.4, 0.5) is 4.39 Å². The van der Waals surface area contributed by atoms with Crippen molar-refractivity contribution in [2.75, 3.05) is 13.2 Å². The van der Waals surface area contributed by atoms with Crippen LogP contribution in [0.5, 0.6) is 0 Å². The number of rotatable bonds is 9. The molecule has 1 aliphatic rings. The number of ether oxygens (including phenoxy) is 2. The van der Waals surface area contributed by atoms with Gasteiger partial charge in [0, 0.05) is 0 Å². The fraction of sp³-hybridized carbons (Fsp3) is 0.458. The second-order valence-electron chi connectivity index (χ2n) is 8.76. The molecule has 1 fully saturated rings. The number of carbonyl (C=O) groups excluding carboxylic acids is 1. The summed E-state index contributed by atoms with van der Waals surface area (Å²) in [5, 5.41) is 12.3. The van der Waals surface area contributed by atoms with Crippen LogP contribution >= 0.6 is 0 Å². The molecule has 7 heteroatoms. The Bertz CT molecular complexity index is 816. The van der Waals surface area contributed by atoms with Crippen LogP contribution in [0.2, 0.25) is 5.04 Å². The molecule has 0 radical (unpaired) electrons. The highest BCUT2D eigenvalue weighted by atomic mass is 28.4. The Kier molecular flexibility index (Phi) is 7.31. The van der Waals surface area contributed by atoms with Gasteiger partial charge >= 0.3 is 5.97 Å². The third kappa shape index (κ3) is 4.90. The molecule has 1 N–H and O–H groups in total. The molecule has 5 nitrogen and oxygen atoms in total. The second kappa shape index (κ2) is 9.61. The van der Waals surface area contributed by atoms with E-state index in [9.17, 15) is 14.3 Å². The number of halogens is 1. The zero-order valence-corrected chi connectivity index (χ0v) is 19.5. The molecular weight excluding hydrogens is 415 g/mol. The molecule has 0 saturated carbocycles. The SMILES string of the molecule is CCOC(=O)[C@H](F)[C@@H](O)[C@@H]1O[C@@H]1CO[Si](c1ccccc1)(c1ccccc1)C(C)(C)C. The van der Waals surface area contributed by atoms with Gasteiger partial charge in [0.05, 0.1) is 13.2 Å². The molecule has 3 rings (SSSR count). The third-order valence-corrected chi connectivity index (χ3v) is 10.7. The highest BCUT2D eigenvalue weighted by molar-refractivity contribution is 6.99. The molecule has 0 unspecified atom stereocenters. The van der Waals surface area contributed by atoms with E-state index in [2.05, 4.69) is 49.8 Å². The fourth-order valence-corrected chi connectivity index (χ4v) is 8.66. The normalized spacial score (nSPS) is 20.7. The van der Waals surface area contributed by atoms with Gasteiger partial charge < -0.3 is 19.0 Å². The van der Waals surface area contributed by atoms with Crippen LogP contribution in [0, 0.1) is 0 Å². The zero-order valence-electron chi connectivity index (χ0n) is 18.5. The Labute approximate surface area is 184 Å². The summed E-state index contributed by atoms with van der Waals surface area (Å²) in [6.07, 6.45) is -4.99. The number of carbonyl (C=O) groups is 1. The Hall–Kier alpha value is -2.06. The lowest BCUT2D eigenvalue weighted by Gasteiger charge is -2.43. The molecule has 0 spiro atoms. The lowest BCUT2D eigenvalue weighted by Crippen LogP contribution is -2.66. The van der Waals surface area contributed by atoms with Gasteiger partial charge in [-0.1, -0.05) is 81.4 Å². The summed E-state index contributed by atoms with van der Waals surface area (Å²) >= 11 is 0. The highest BCUT2D eigenvalue weighted by Gasteiger charge is 2.54. The van der Waals surface area contributed by atoms with Gasteiger partial charge in [0.15, 0.2) is 0 Å². The average molecular weight is 447 g/mol. The van der Waals surface area contributed by atoms with Gasteiger partial charge in [-0.15, -0.1) is 0 Å². The summed E-state index contributed by atoms with van der Waals surface area (Å²) in [7, 11) is -2.75. The van der Waals surface area contributed by atoms with Crippen LogP contribution in [-0.4, -0.2) is 57.1 Å². The molecule has 0 aromatic heterocycles. The summed E-state index contributed by atoms with van der Waals surface area (Å²) in [4.78, 5) is 11.6. The van der Waals surface area contributed by atoms with Gasteiger partial charge in [-0.3, -0.25) is 0 Å². The van der Waals surface area contributed by atoms with Crippen molar-refractivity contribution in [2.45, 2.75) is 57.2 Å². The van der Waals surface area contributed by atoms with E-state index in [0.29, 0.717) is 0 Å². The highest BCUT2D eigenvalue weighted by Crippen LogP contribution is 2.38. The van der Waals surface area contributed by atoms with Gasteiger partial charge in [-0.25, -0.2) is 9.18 Å². The minimum atomic E-state index is -2.75. The second-order valence-corrected chi connectivity index (χ2v) is 13.1. The number of aliphatic hydroxyl groups is 1. The van der Waals surface area contributed by atoms with Crippen molar-refractivity contribution in [1.29, 1.82) is 0 Å². The van der Waals surface area contributed by atoms with Crippen LogP contribution in [0.15, 0.2) is 60.7 Å². The summed E-state index contributed by atoms with van der Waals surface area (Å²) in [6, 6.07) is 20.3. The van der Waals surface area contributed by atoms with Gasteiger partial charge in [0.1, 0.15) is 18.3 Å². The molecule has 0 amide bonds. The standard InChI is InChI=1S/C24H31FO5Si/c1-5-28-23(27)20(25)21(26)22-19(30-22)16-29-31(24(2,3)4,17-12-8-6-9-13-17)18-14-10-7-11-15-18/h6-15,19-22,26H,5,16H2,1-4H3/t19-,20-,21-,22-/m1/s1. The first-order chi connectivity index (χ1) is 14.7. The van der Waals surface area contributed by atoms with E-state index < -0.39 is 38.8 Å². The number of aliphatic hydroxyl groups excluding tert-OH is 1. The van der Waals surface area contributed by atoms with Crippen LogP contribution in [0.3, 0.4) is 0 Å². The van der Waals surface area contributed by atoms with Crippen LogP contribution in [0.1, 0.15) is 27.7 Å². The Balaban J connectivity index is 1.82. The summed E-state index contributed by atoms with van der Waals surface area (Å²) < 4.78 is 31.1. The van der Waals surface area contributed by atoms with E-state index in [0.717, 1.165) is 10.4 Å². The lowest BCUT2D eigenvalue weighted by molar-refractivity contribution is -0.154. The minimum absolute atomic E-state index is 0.0535. The monoisotopic (exact) mass is 446 g/mol. The van der Waals surface area contributed by atoms with Crippen molar-refractivity contribution < 1.29 is 28.2 Å². The van der Waals surface area contributed by atoms with Gasteiger partial charge in [-0.05, 0) is 22.3 Å². The number of esters is 1. The fourth-order valence-electron chi connectivity index (χ4n) is 4.09. The van der Waals surface area contributed by atoms with Crippen molar-refractivity contribution in [1.82, 2.24) is 0 Å². The van der Waals surface area contributed by atoms with Crippen molar-refractivity contribution in [2.24, 2.45) is 0 Å². The maximum absolute atomic E-state index is 14.2. The zero-order chi connectivity index (χ0) is 22.6. The largest absolute Gasteiger partial charge is 0.464 e. The van der Waals surface area contributed by atoms with E-state index in [4.69, 9.17) is 9.16 Å². The molecule has 1 heterocycles. The molecule has 1 saturated heterocycles. The maximum atomic E-state index is 14.2. The first kappa shape index (κ1) is 23.6. The predicted octanol–water partition coefficient (Wildman–Crippen LogP) is 2.59. The van der Waals surface area contributed by atoms with E-state index in [-0.39, 0.29) is 18.3 Å². The van der Waals surface area contributed by atoms with E-state index in [1.54, 1.807) is 6.92 Å². The Morgan fingerprint density at radius 1 is 1.10 bits per heavy atom. The topological polar surface area (TPSA) is 68.3 Å². The predicted molar refractivity (Wildman–Crippen MR) is 120 cm³/mol. The average Bonchev–Trinajstić information content (AvgIpc) is 3.53. The molecular formula is C24H31FO5Si. The molecule has 4 atom stereocenters. The summed E-state index contributed by atoms with van der Waals surface area (Å²) in [5.74, 6) is -1.07. The quantitative estimate of drug-likeness (QED) is 0.364. The first-order valence-electron chi connectivity index (χ1n) is 10.6. The number of benzene rings is 2. The molecule has 1 aliphatic heterocycles. The number of hydrogen-bond donors (Lipinski definition) is 1. The Morgan fingerprint density at radius 3 is 2.06 bits per heavy atom. The lowest BCUT2D eigenvalue weighted by atomic mass is 10.1. The molecule has 0 aliphatic carbocycles. The van der Waals surface area contributed by atoms with E-state index >= 15 is 0 Å². The van der Waals surface area contributed by atoms with Crippen molar-refractivity contribution in [3.63, 3.8) is 0 Å². The maximum Gasteiger partial charge on any atom is 0.343 e. The Morgan fingerprint density at radius 2 is 1.61 bits per heavy atom. The third-order valence-electron chi connectivity index (χ3n) is 5.65. The molecule has 2 aromatic rings. The van der Waals surface area contributed by atoms with Crippen LogP contribution in [0.25, 0.3) is 0 Å². The van der Waals surface area contributed by atoms with E-state index in [1.807, 2.05) is 36.4 Å². The molecule has 31 heavy (non-hydrogen) atoms.